The number of furan rings is 1. The van der Waals surface area contributed by atoms with Gasteiger partial charge in [-0.15, -0.1) is 0 Å². The van der Waals surface area contributed by atoms with Crippen LogP contribution in [0.2, 0.25) is 0 Å². The van der Waals surface area contributed by atoms with E-state index in [2.05, 4.69) is 12.2 Å². The van der Waals surface area contributed by atoms with Crippen LogP contribution in [-0.2, 0) is 6.54 Å². The van der Waals surface area contributed by atoms with Crippen molar-refractivity contribution in [3.05, 3.63) is 47.4 Å². The summed E-state index contributed by atoms with van der Waals surface area (Å²) in [5.74, 6) is 1.19. The second kappa shape index (κ2) is 7.66. The molecule has 0 spiro atoms. The number of rotatable bonds is 7. The predicted molar refractivity (Wildman–Crippen MR) is 86.1 cm³/mol. The zero-order valence-electron chi connectivity index (χ0n) is 13.0. The van der Waals surface area contributed by atoms with Crippen molar-refractivity contribution < 1.29 is 13.9 Å². The van der Waals surface area contributed by atoms with Crippen LogP contribution in [0.5, 0.6) is 5.75 Å². The molecule has 0 saturated carbocycles. The minimum Gasteiger partial charge on any atom is -0.494 e. The third-order valence-electron chi connectivity index (χ3n) is 3.33. The molecule has 0 bridgehead atoms. The van der Waals surface area contributed by atoms with Crippen LogP contribution in [0, 0.1) is 6.92 Å². The second-order valence-electron chi connectivity index (χ2n) is 5.14. The lowest BCUT2D eigenvalue weighted by Crippen LogP contribution is -2.12. The van der Waals surface area contributed by atoms with E-state index >= 15 is 0 Å². The Bertz CT molecular complexity index is 635. The molecule has 22 heavy (non-hydrogen) atoms. The molecular weight excluding hydrogens is 280 g/mol. The largest absolute Gasteiger partial charge is 0.494 e. The first-order chi connectivity index (χ1) is 10.6. The number of anilines is 1. The summed E-state index contributed by atoms with van der Waals surface area (Å²) in [6.45, 7) is 5.04. The van der Waals surface area contributed by atoms with Gasteiger partial charge in [0.1, 0.15) is 17.8 Å². The second-order valence-corrected chi connectivity index (χ2v) is 5.14. The highest BCUT2D eigenvalue weighted by atomic mass is 16.5. The van der Waals surface area contributed by atoms with Crippen LogP contribution in [0.1, 0.15) is 41.4 Å². The summed E-state index contributed by atoms with van der Waals surface area (Å²) in [7, 11) is 0. The first-order valence-corrected chi connectivity index (χ1v) is 7.46. The van der Waals surface area contributed by atoms with Gasteiger partial charge >= 0.3 is 0 Å². The molecule has 2 rings (SSSR count). The summed E-state index contributed by atoms with van der Waals surface area (Å²) in [6.07, 6.45) is 3.54. The summed E-state index contributed by atoms with van der Waals surface area (Å²) in [5.41, 5.74) is 7.63. The summed E-state index contributed by atoms with van der Waals surface area (Å²) >= 11 is 0. The number of ether oxygens (including phenoxy) is 1. The summed E-state index contributed by atoms with van der Waals surface area (Å²) in [6, 6.07) is 7.27. The van der Waals surface area contributed by atoms with Gasteiger partial charge in [0, 0.05) is 5.69 Å². The number of hydrogen-bond acceptors (Lipinski definition) is 4. The molecule has 5 heteroatoms. The summed E-state index contributed by atoms with van der Waals surface area (Å²) < 4.78 is 10.8. The molecule has 118 valence electrons. The van der Waals surface area contributed by atoms with Crippen molar-refractivity contribution in [3.8, 4) is 5.75 Å². The van der Waals surface area contributed by atoms with Gasteiger partial charge < -0.3 is 20.2 Å². The van der Waals surface area contributed by atoms with Gasteiger partial charge in [-0.1, -0.05) is 13.3 Å². The monoisotopic (exact) mass is 302 g/mol. The van der Waals surface area contributed by atoms with Gasteiger partial charge in [-0.2, -0.15) is 0 Å². The molecule has 0 aliphatic heterocycles. The van der Waals surface area contributed by atoms with E-state index in [1.165, 1.54) is 6.26 Å². The lowest BCUT2D eigenvalue weighted by molar-refractivity contribution is 0.102. The first kappa shape index (κ1) is 16.1. The molecule has 0 atom stereocenters. The van der Waals surface area contributed by atoms with E-state index in [-0.39, 0.29) is 12.5 Å². The van der Waals surface area contributed by atoms with Gasteiger partial charge in [0.05, 0.1) is 18.7 Å². The Hall–Kier alpha value is -2.27. The fourth-order valence-corrected chi connectivity index (χ4v) is 2.00. The molecule has 0 fully saturated rings. The topological polar surface area (TPSA) is 77.5 Å². The summed E-state index contributed by atoms with van der Waals surface area (Å²) in [4.78, 5) is 12.1. The zero-order valence-corrected chi connectivity index (χ0v) is 13.0. The van der Waals surface area contributed by atoms with E-state index in [1.807, 2.05) is 25.1 Å². The SMILES string of the molecule is CCCCOc1ccc(NC(=O)c2coc(CN)c2)c(C)c1. The Labute approximate surface area is 130 Å². The number of aryl methyl sites for hydroxylation is 1. The molecule has 2 aromatic rings. The van der Waals surface area contributed by atoms with Gasteiger partial charge in [0.25, 0.3) is 5.91 Å². The molecule has 0 unspecified atom stereocenters. The quantitative estimate of drug-likeness (QED) is 0.768. The average Bonchev–Trinajstić information content (AvgIpc) is 2.99. The highest BCUT2D eigenvalue weighted by molar-refractivity contribution is 6.04. The lowest BCUT2D eigenvalue weighted by atomic mass is 10.1. The Morgan fingerprint density at radius 2 is 2.18 bits per heavy atom. The Balaban J connectivity index is 2.01. The fraction of sp³-hybridized carbons (Fsp3) is 0.353. The third-order valence-corrected chi connectivity index (χ3v) is 3.33. The molecule has 5 nitrogen and oxygen atoms in total. The van der Waals surface area contributed by atoms with E-state index in [4.69, 9.17) is 14.9 Å². The number of carbonyl (C=O) groups excluding carboxylic acids is 1. The van der Waals surface area contributed by atoms with Crippen LogP contribution in [0.4, 0.5) is 5.69 Å². The number of amides is 1. The van der Waals surface area contributed by atoms with Crippen molar-refractivity contribution in [1.82, 2.24) is 0 Å². The molecule has 3 N–H and O–H groups in total. The summed E-state index contributed by atoms with van der Waals surface area (Å²) in [5, 5.41) is 2.86. The predicted octanol–water partition coefficient (Wildman–Crippen LogP) is 3.48. The molecule has 1 amide bonds. The Morgan fingerprint density at radius 1 is 1.36 bits per heavy atom. The molecule has 1 aromatic heterocycles. The lowest BCUT2D eigenvalue weighted by Gasteiger charge is -2.10. The number of hydrogen-bond donors (Lipinski definition) is 2. The minimum absolute atomic E-state index is 0.216. The van der Waals surface area contributed by atoms with Crippen LogP contribution < -0.4 is 15.8 Å². The normalized spacial score (nSPS) is 10.5. The fourth-order valence-electron chi connectivity index (χ4n) is 2.00. The Kier molecular flexibility index (Phi) is 5.61. The van der Waals surface area contributed by atoms with E-state index in [1.54, 1.807) is 6.07 Å². The highest BCUT2D eigenvalue weighted by Crippen LogP contribution is 2.22. The van der Waals surface area contributed by atoms with Crippen LogP contribution in [0.25, 0.3) is 0 Å². The van der Waals surface area contributed by atoms with Crippen LogP contribution >= 0.6 is 0 Å². The minimum atomic E-state index is -0.216. The molecule has 0 aliphatic carbocycles. The smallest absolute Gasteiger partial charge is 0.258 e. The van der Waals surface area contributed by atoms with Crippen LogP contribution in [0.3, 0.4) is 0 Å². The van der Waals surface area contributed by atoms with E-state index in [0.29, 0.717) is 17.9 Å². The standard InChI is InChI=1S/C17H22N2O3/c1-3-4-7-21-14-5-6-16(12(2)8-14)19-17(20)13-9-15(10-18)22-11-13/h5-6,8-9,11H,3-4,7,10,18H2,1-2H3,(H,19,20). The maximum atomic E-state index is 12.1. The number of carbonyl (C=O) groups is 1. The zero-order chi connectivity index (χ0) is 15.9. The van der Waals surface area contributed by atoms with Gasteiger partial charge in [-0.25, -0.2) is 0 Å². The Morgan fingerprint density at radius 3 is 2.82 bits per heavy atom. The third kappa shape index (κ3) is 4.11. The van der Waals surface area contributed by atoms with Crippen molar-refractivity contribution in [2.24, 2.45) is 5.73 Å². The molecule has 1 aromatic carbocycles. The highest BCUT2D eigenvalue weighted by Gasteiger charge is 2.11. The van der Waals surface area contributed by atoms with Crippen molar-refractivity contribution in [3.63, 3.8) is 0 Å². The molecule has 0 aliphatic rings. The van der Waals surface area contributed by atoms with E-state index < -0.39 is 0 Å². The van der Waals surface area contributed by atoms with Crippen molar-refractivity contribution in [2.75, 3.05) is 11.9 Å². The number of benzene rings is 1. The van der Waals surface area contributed by atoms with Gasteiger partial charge in [0.15, 0.2) is 0 Å². The van der Waals surface area contributed by atoms with Crippen molar-refractivity contribution in [2.45, 2.75) is 33.2 Å². The molecule has 0 radical (unpaired) electrons. The maximum Gasteiger partial charge on any atom is 0.258 e. The van der Waals surface area contributed by atoms with Gasteiger partial charge in [0.2, 0.25) is 0 Å². The number of nitrogens with one attached hydrogen (secondary N) is 1. The molecular formula is C17H22N2O3. The van der Waals surface area contributed by atoms with Gasteiger partial charge in [-0.3, -0.25) is 4.79 Å². The van der Waals surface area contributed by atoms with Crippen molar-refractivity contribution in [1.29, 1.82) is 0 Å². The molecule has 0 saturated heterocycles. The average molecular weight is 302 g/mol. The first-order valence-electron chi connectivity index (χ1n) is 7.46. The van der Waals surface area contributed by atoms with Crippen molar-refractivity contribution >= 4 is 11.6 Å². The maximum absolute atomic E-state index is 12.1. The van der Waals surface area contributed by atoms with Crippen LogP contribution in [-0.4, -0.2) is 12.5 Å². The molecule has 1 heterocycles. The van der Waals surface area contributed by atoms with Gasteiger partial charge in [-0.05, 0) is 43.2 Å². The van der Waals surface area contributed by atoms with E-state index in [0.717, 1.165) is 29.8 Å². The van der Waals surface area contributed by atoms with Crippen LogP contribution in [0.15, 0.2) is 34.9 Å². The number of nitrogens with two attached hydrogens (primary N) is 1. The van der Waals surface area contributed by atoms with E-state index in [9.17, 15) is 4.79 Å². The number of unbranched alkanes of at least 4 members (excludes halogenated alkanes) is 1.